The van der Waals surface area contributed by atoms with Crippen LogP contribution in [0.15, 0.2) is 89.0 Å². The number of pyridine rings is 1. The number of hydrogen-bond acceptors (Lipinski definition) is 8. The molecule has 41 heavy (non-hydrogen) atoms. The molecule has 0 bridgehead atoms. The maximum absolute atomic E-state index is 13.3. The Morgan fingerprint density at radius 1 is 0.927 bits per heavy atom. The van der Waals surface area contributed by atoms with Gasteiger partial charge in [-0.2, -0.15) is 0 Å². The number of methoxy groups -OCH3 is 2. The number of nitrogens with one attached hydrogen (secondary N) is 2. The third kappa shape index (κ3) is 5.21. The van der Waals surface area contributed by atoms with E-state index in [1.165, 1.54) is 11.8 Å². The number of H-pyrrole nitrogens is 1. The van der Waals surface area contributed by atoms with Gasteiger partial charge < -0.3 is 24.5 Å². The summed E-state index contributed by atoms with van der Waals surface area (Å²) in [5, 5.41) is 5.32. The van der Waals surface area contributed by atoms with Gasteiger partial charge in [-0.05, 0) is 84.1 Å². The molecule has 206 valence electrons. The summed E-state index contributed by atoms with van der Waals surface area (Å²) in [6, 6.07) is 20.6. The zero-order valence-corrected chi connectivity index (χ0v) is 24.0. The van der Waals surface area contributed by atoms with Gasteiger partial charge in [-0.25, -0.2) is 4.98 Å². The van der Waals surface area contributed by atoms with Crippen molar-refractivity contribution < 1.29 is 14.2 Å². The molecular weight excluding hydrogens is 560 g/mol. The van der Waals surface area contributed by atoms with Crippen molar-refractivity contribution in [3.8, 4) is 23.0 Å². The summed E-state index contributed by atoms with van der Waals surface area (Å²) in [6.07, 6.45) is 5.57. The van der Waals surface area contributed by atoms with Crippen molar-refractivity contribution in [2.75, 3.05) is 25.8 Å². The Morgan fingerprint density at radius 3 is 2.51 bits per heavy atom. The van der Waals surface area contributed by atoms with E-state index in [-0.39, 0.29) is 5.56 Å². The predicted molar refractivity (Wildman–Crippen MR) is 163 cm³/mol. The summed E-state index contributed by atoms with van der Waals surface area (Å²) in [4.78, 5) is 25.3. The Kier molecular flexibility index (Phi) is 7.30. The Labute approximate surface area is 245 Å². The summed E-state index contributed by atoms with van der Waals surface area (Å²) in [5.41, 5.74) is 3.65. The number of nitrogens with zero attached hydrogens (tertiary/aromatic N) is 2. The zero-order valence-electron chi connectivity index (χ0n) is 22.4. The average Bonchev–Trinajstić information content (AvgIpc) is 3.00. The standard InChI is InChI=1S/C31H25ClN4O4S/c1-38-20-8-4-17(5-9-20)23-16-22(28-29(34-23)35-31(41-3)36-30(28)37)18-6-11-26(27(14-18)39-2)40-25-12-13-33-24-15-19(32)7-10-21(24)25/h4-16,22H,1-3H3,(H2,34,35,36,37). The summed E-state index contributed by atoms with van der Waals surface area (Å²) >= 11 is 7.53. The number of halogens is 1. The van der Waals surface area contributed by atoms with Crippen LogP contribution >= 0.6 is 23.4 Å². The molecule has 0 saturated carbocycles. The molecule has 0 saturated heterocycles. The van der Waals surface area contributed by atoms with Crippen molar-refractivity contribution in [3.05, 3.63) is 111 Å². The van der Waals surface area contributed by atoms with E-state index in [0.717, 1.165) is 33.5 Å². The lowest BCUT2D eigenvalue weighted by atomic mass is 9.88. The van der Waals surface area contributed by atoms with Crippen LogP contribution in [-0.4, -0.2) is 35.4 Å². The Morgan fingerprint density at radius 2 is 1.76 bits per heavy atom. The van der Waals surface area contributed by atoms with Gasteiger partial charge in [-0.3, -0.25) is 9.78 Å². The molecule has 1 aliphatic rings. The molecule has 0 fully saturated rings. The van der Waals surface area contributed by atoms with Crippen LogP contribution in [0.2, 0.25) is 5.02 Å². The number of anilines is 1. The SMILES string of the molecule is COc1ccc(C2=CC(c3ccc(Oc4ccnc5cc(Cl)ccc45)c(OC)c3)c3c(nc(SC)[nH]c3=O)N2)cc1. The molecule has 6 rings (SSSR count). The van der Waals surface area contributed by atoms with Crippen molar-refractivity contribution in [2.45, 2.75) is 11.1 Å². The first-order valence-corrected chi connectivity index (χ1v) is 14.3. The van der Waals surface area contributed by atoms with Crippen LogP contribution < -0.4 is 25.1 Å². The molecule has 0 aliphatic carbocycles. The number of aromatic nitrogens is 3. The highest BCUT2D eigenvalue weighted by molar-refractivity contribution is 7.98. The highest BCUT2D eigenvalue weighted by Crippen LogP contribution is 2.41. The lowest BCUT2D eigenvalue weighted by Crippen LogP contribution is -2.25. The molecule has 1 atom stereocenters. The van der Waals surface area contributed by atoms with Gasteiger partial charge in [-0.1, -0.05) is 29.4 Å². The quantitative estimate of drug-likeness (QED) is 0.154. The monoisotopic (exact) mass is 584 g/mol. The van der Waals surface area contributed by atoms with Gasteiger partial charge in [0, 0.05) is 28.2 Å². The van der Waals surface area contributed by atoms with Gasteiger partial charge in [0.05, 0.1) is 25.3 Å². The zero-order chi connectivity index (χ0) is 28.5. The molecule has 0 amide bonds. The first-order valence-electron chi connectivity index (χ1n) is 12.7. The van der Waals surface area contributed by atoms with Gasteiger partial charge in [-0.15, -0.1) is 0 Å². The molecule has 0 spiro atoms. The second kappa shape index (κ2) is 11.2. The minimum atomic E-state index is -0.401. The lowest BCUT2D eigenvalue weighted by molar-refractivity contribution is 0.379. The van der Waals surface area contributed by atoms with Gasteiger partial charge >= 0.3 is 0 Å². The van der Waals surface area contributed by atoms with E-state index in [4.69, 9.17) is 25.8 Å². The number of aromatic amines is 1. The van der Waals surface area contributed by atoms with Crippen LogP contribution in [0.5, 0.6) is 23.0 Å². The first kappa shape index (κ1) is 26.7. The third-order valence-electron chi connectivity index (χ3n) is 6.86. The van der Waals surface area contributed by atoms with Crippen molar-refractivity contribution in [1.29, 1.82) is 0 Å². The van der Waals surface area contributed by atoms with Crippen molar-refractivity contribution in [2.24, 2.45) is 0 Å². The molecule has 10 heteroatoms. The fourth-order valence-corrected chi connectivity index (χ4v) is 5.37. The highest BCUT2D eigenvalue weighted by Gasteiger charge is 2.28. The molecule has 8 nitrogen and oxygen atoms in total. The van der Waals surface area contributed by atoms with Gasteiger partial charge in [0.1, 0.15) is 17.3 Å². The fraction of sp³-hybridized carbons (Fsp3) is 0.129. The third-order valence-corrected chi connectivity index (χ3v) is 7.67. The normalized spacial score (nSPS) is 14.1. The van der Waals surface area contributed by atoms with Crippen molar-refractivity contribution >= 4 is 45.8 Å². The average molecular weight is 585 g/mol. The van der Waals surface area contributed by atoms with Gasteiger partial charge in [0.2, 0.25) is 0 Å². The van der Waals surface area contributed by atoms with E-state index >= 15 is 0 Å². The summed E-state index contributed by atoms with van der Waals surface area (Å²) in [7, 11) is 3.22. The van der Waals surface area contributed by atoms with E-state index in [2.05, 4.69) is 20.3 Å². The van der Waals surface area contributed by atoms with Gasteiger partial charge in [0.15, 0.2) is 16.7 Å². The van der Waals surface area contributed by atoms with Crippen molar-refractivity contribution in [1.82, 2.24) is 15.0 Å². The number of rotatable bonds is 7. The van der Waals surface area contributed by atoms with E-state index in [0.29, 0.717) is 38.8 Å². The van der Waals surface area contributed by atoms with E-state index in [9.17, 15) is 4.79 Å². The van der Waals surface area contributed by atoms with Crippen LogP contribution in [0, 0.1) is 0 Å². The summed E-state index contributed by atoms with van der Waals surface area (Å²) in [5.74, 6) is 2.53. The molecular formula is C31H25ClN4O4S. The molecule has 2 N–H and O–H groups in total. The van der Waals surface area contributed by atoms with E-state index < -0.39 is 5.92 Å². The minimum Gasteiger partial charge on any atom is -0.497 e. The second-order valence-corrected chi connectivity index (χ2v) is 10.5. The van der Waals surface area contributed by atoms with Crippen LogP contribution in [0.25, 0.3) is 16.6 Å². The maximum Gasteiger partial charge on any atom is 0.257 e. The van der Waals surface area contributed by atoms with E-state index in [1.54, 1.807) is 38.6 Å². The number of ether oxygens (including phenoxy) is 3. The van der Waals surface area contributed by atoms with Crippen LogP contribution in [-0.2, 0) is 0 Å². The molecule has 1 unspecified atom stereocenters. The minimum absolute atomic E-state index is 0.205. The maximum atomic E-state index is 13.3. The van der Waals surface area contributed by atoms with Crippen LogP contribution in [0.1, 0.15) is 22.6 Å². The smallest absolute Gasteiger partial charge is 0.257 e. The summed E-state index contributed by atoms with van der Waals surface area (Å²) < 4.78 is 17.4. The second-order valence-electron chi connectivity index (χ2n) is 9.23. The Balaban J connectivity index is 1.43. The van der Waals surface area contributed by atoms with E-state index in [1.807, 2.05) is 60.9 Å². The largest absolute Gasteiger partial charge is 0.497 e. The fourth-order valence-electron chi connectivity index (χ4n) is 4.83. The molecule has 5 aromatic rings. The number of thioether (sulfide) groups is 1. The molecule has 1 aliphatic heterocycles. The lowest BCUT2D eigenvalue weighted by Gasteiger charge is -2.26. The molecule has 3 aromatic carbocycles. The molecule has 0 radical (unpaired) electrons. The highest BCUT2D eigenvalue weighted by atomic mass is 35.5. The first-order chi connectivity index (χ1) is 20.0. The topological polar surface area (TPSA) is 98.4 Å². The Bertz CT molecular complexity index is 1860. The molecule has 3 heterocycles. The predicted octanol–water partition coefficient (Wildman–Crippen LogP) is 7.10. The molecule has 2 aromatic heterocycles. The number of hydrogen-bond donors (Lipinski definition) is 2. The van der Waals surface area contributed by atoms with Crippen LogP contribution in [0.4, 0.5) is 5.82 Å². The van der Waals surface area contributed by atoms with Crippen LogP contribution in [0.3, 0.4) is 0 Å². The number of benzene rings is 3. The Hall–Kier alpha value is -4.47. The summed E-state index contributed by atoms with van der Waals surface area (Å²) in [6.45, 7) is 0. The number of fused-ring (bicyclic) bond motifs is 2. The van der Waals surface area contributed by atoms with Gasteiger partial charge in [0.25, 0.3) is 5.56 Å². The van der Waals surface area contributed by atoms with Crippen molar-refractivity contribution in [3.63, 3.8) is 0 Å². The number of allylic oxidation sites excluding steroid dienone is 1.